The number of aliphatic imine (C=N–C) groups is 1. The highest BCUT2D eigenvalue weighted by atomic mass is 19.1. The van der Waals surface area contributed by atoms with Crippen molar-refractivity contribution >= 4 is 5.96 Å². The molecular formula is C17H22FN5O2. The lowest BCUT2D eigenvalue weighted by Crippen LogP contribution is -2.50. The number of aryl methyl sites for hydroxylation is 1. The third-order valence-electron chi connectivity index (χ3n) is 3.99. The molecule has 1 N–H and O–H groups in total. The van der Waals surface area contributed by atoms with Crippen LogP contribution in [0.25, 0.3) is 0 Å². The molecular weight excluding hydrogens is 325 g/mol. The lowest BCUT2D eigenvalue weighted by molar-refractivity contribution is -0.0605. The molecule has 0 amide bonds. The molecule has 134 valence electrons. The van der Waals surface area contributed by atoms with Crippen LogP contribution in [0, 0.1) is 12.7 Å². The third-order valence-corrected chi connectivity index (χ3v) is 3.99. The van der Waals surface area contributed by atoms with Crippen LogP contribution in [0.4, 0.5) is 4.39 Å². The van der Waals surface area contributed by atoms with Crippen LogP contribution in [0.5, 0.6) is 0 Å². The summed E-state index contributed by atoms with van der Waals surface area (Å²) in [5, 5.41) is 7.12. The van der Waals surface area contributed by atoms with Gasteiger partial charge in [0, 0.05) is 20.5 Å². The topological polar surface area (TPSA) is 75.8 Å². The summed E-state index contributed by atoms with van der Waals surface area (Å²) in [5.74, 6) is 1.60. The largest absolute Gasteiger partial charge is 0.367 e. The number of morpholine rings is 1. The highest BCUT2D eigenvalue weighted by Gasteiger charge is 2.28. The maximum Gasteiger partial charge on any atom is 0.223 e. The fraction of sp³-hybridized carbons (Fsp3) is 0.471. The summed E-state index contributed by atoms with van der Waals surface area (Å²) < 4.78 is 24.1. The van der Waals surface area contributed by atoms with Crippen LogP contribution in [0.15, 0.2) is 33.8 Å². The van der Waals surface area contributed by atoms with E-state index < -0.39 is 0 Å². The number of nitrogens with one attached hydrogen (secondary N) is 1. The summed E-state index contributed by atoms with van der Waals surface area (Å²) in [5.41, 5.74) is 0.946. The van der Waals surface area contributed by atoms with Gasteiger partial charge in [0.25, 0.3) is 0 Å². The molecule has 1 aromatic carbocycles. The smallest absolute Gasteiger partial charge is 0.223 e. The zero-order valence-electron chi connectivity index (χ0n) is 14.6. The summed E-state index contributed by atoms with van der Waals surface area (Å²) in [7, 11) is 1.73. The maximum atomic E-state index is 13.2. The normalized spacial score (nSPS) is 21.4. The van der Waals surface area contributed by atoms with Crippen LogP contribution >= 0.6 is 0 Å². The fourth-order valence-corrected chi connectivity index (χ4v) is 2.89. The summed E-state index contributed by atoms with van der Waals surface area (Å²) in [4.78, 5) is 10.6. The lowest BCUT2D eigenvalue weighted by Gasteiger charge is -2.38. The molecule has 1 saturated heterocycles. The van der Waals surface area contributed by atoms with Gasteiger partial charge < -0.3 is 19.5 Å². The minimum absolute atomic E-state index is 0.0229. The van der Waals surface area contributed by atoms with Crippen LogP contribution in [0.3, 0.4) is 0 Å². The standard InChI is InChI=1S/C17H22FN5O2/c1-11-9-23(10-15(24-11)13-4-6-14(18)7-5-13)17(19-3)20-8-16-21-12(2)25-22-16/h4-7,11,15H,8-10H2,1-3H3,(H,19,20). The van der Waals surface area contributed by atoms with Gasteiger partial charge in [0.1, 0.15) is 11.9 Å². The Balaban J connectivity index is 1.67. The highest BCUT2D eigenvalue weighted by molar-refractivity contribution is 5.80. The van der Waals surface area contributed by atoms with E-state index in [1.54, 1.807) is 26.1 Å². The lowest BCUT2D eigenvalue weighted by atomic mass is 10.1. The Morgan fingerprint density at radius 1 is 1.36 bits per heavy atom. The number of guanidine groups is 1. The molecule has 7 nitrogen and oxygen atoms in total. The molecule has 8 heteroatoms. The third kappa shape index (κ3) is 4.33. The van der Waals surface area contributed by atoms with Crippen LogP contribution in [0.2, 0.25) is 0 Å². The summed E-state index contributed by atoms with van der Waals surface area (Å²) >= 11 is 0. The van der Waals surface area contributed by atoms with Crippen molar-refractivity contribution in [2.75, 3.05) is 20.1 Å². The Kier molecular flexibility index (Phi) is 5.28. The molecule has 0 bridgehead atoms. The zero-order valence-corrected chi connectivity index (χ0v) is 14.6. The number of ether oxygens (including phenoxy) is 1. The Hall–Kier alpha value is -2.48. The van der Waals surface area contributed by atoms with Gasteiger partial charge in [-0.15, -0.1) is 0 Å². The Labute approximate surface area is 145 Å². The summed E-state index contributed by atoms with van der Waals surface area (Å²) in [6, 6.07) is 6.42. The van der Waals surface area contributed by atoms with Crippen molar-refractivity contribution in [1.29, 1.82) is 0 Å². The first-order chi connectivity index (χ1) is 12.0. The average Bonchev–Trinajstić information content (AvgIpc) is 3.01. The second kappa shape index (κ2) is 7.60. The van der Waals surface area contributed by atoms with E-state index in [2.05, 4.69) is 25.3 Å². The van der Waals surface area contributed by atoms with Gasteiger partial charge in [0.2, 0.25) is 5.89 Å². The molecule has 0 saturated carbocycles. The van der Waals surface area contributed by atoms with Crippen molar-refractivity contribution in [3.05, 3.63) is 47.4 Å². The number of hydrogen-bond donors (Lipinski definition) is 1. The van der Waals surface area contributed by atoms with E-state index in [4.69, 9.17) is 9.26 Å². The molecule has 2 heterocycles. The van der Waals surface area contributed by atoms with Gasteiger partial charge in [-0.3, -0.25) is 4.99 Å². The fourth-order valence-electron chi connectivity index (χ4n) is 2.89. The van der Waals surface area contributed by atoms with Crippen LogP contribution in [-0.2, 0) is 11.3 Å². The number of rotatable bonds is 3. The minimum atomic E-state index is -0.252. The van der Waals surface area contributed by atoms with Crippen LogP contribution < -0.4 is 5.32 Å². The van der Waals surface area contributed by atoms with Crippen molar-refractivity contribution in [2.24, 2.45) is 4.99 Å². The van der Waals surface area contributed by atoms with Crippen molar-refractivity contribution in [3.8, 4) is 0 Å². The van der Waals surface area contributed by atoms with Gasteiger partial charge in [0.05, 0.1) is 19.2 Å². The Morgan fingerprint density at radius 3 is 2.76 bits per heavy atom. The van der Waals surface area contributed by atoms with Gasteiger partial charge in [-0.05, 0) is 24.6 Å². The van der Waals surface area contributed by atoms with E-state index in [0.29, 0.717) is 31.3 Å². The van der Waals surface area contributed by atoms with Gasteiger partial charge >= 0.3 is 0 Å². The number of aromatic nitrogens is 2. The molecule has 25 heavy (non-hydrogen) atoms. The molecule has 1 aromatic heterocycles. The molecule has 3 rings (SSSR count). The van der Waals surface area contributed by atoms with E-state index in [1.165, 1.54) is 12.1 Å². The molecule has 2 aromatic rings. The second-order valence-electron chi connectivity index (χ2n) is 6.02. The van der Waals surface area contributed by atoms with Crippen LogP contribution in [0.1, 0.15) is 30.3 Å². The van der Waals surface area contributed by atoms with Crippen molar-refractivity contribution in [2.45, 2.75) is 32.6 Å². The van der Waals surface area contributed by atoms with Crippen molar-refractivity contribution in [1.82, 2.24) is 20.4 Å². The van der Waals surface area contributed by atoms with Crippen LogP contribution in [-0.4, -0.2) is 47.2 Å². The van der Waals surface area contributed by atoms with Gasteiger partial charge in [0.15, 0.2) is 11.8 Å². The molecule has 0 spiro atoms. The molecule has 1 aliphatic rings. The molecule has 0 radical (unpaired) electrons. The second-order valence-corrected chi connectivity index (χ2v) is 6.02. The molecule has 1 aliphatic heterocycles. The molecule has 1 fully saturated rings. The Morgan fingerprint density at radius 2 is 2.12 bits per heavy atom. The minimum Gasteiger partial charge on any atom is -0.367 e. The van der Waals surface area contributed by atoms with Gasteiger partial charge in [-0.2, -0.15) is 4.98 Å². The maximum absolute atomic E-state index is 13.2. The van der Waals surface area contributed by atoms with Gasteiger partial charge in [-0.1, -0.05) is 17.3 Å². The first-order valence-corrected chi connectivity index (χ1v) is 8.21. The summed E-state index contributed by atoms with van der Waals surface area (Å²) in [6.07, 6.45) is -0.120. The predicted octanol–water partition coefficient (Wildman–Crippen LogP) is 2.05. The zero-order chi connectivity index (χ0) is 17.8. The highest BCUT2D eigenvalue weighted by Crippen LogP contribution is 2.25. The van der Waals surface area contributed by atoms with E-state index in [1.807, 2.05) is 6.92 Å². The van der Waals surface area contributed by atoms with E-state index >= 15 is 0 Å². The Bertz CT molecular complexity index is 731. The van der Waals surface area contributed by atoms with E-state index in [0.717, 1.165) is 11.5 Å². The number of benzene rings is 1. The van der Waals surface area contributed by atoms with E-state index in [-0.39, 0.29) is 18.0 Å². The number of halogens is 1. The molecule has 2 atom stereocenters. The molecule has 0 aliphatic carbocycles. The monoisotopic (exact) mass is 347 g/mol. The summed E-state index contributed by atoms with van der Waals surface area (Å²) in [6.45, 7) is 5.53. The number of nitrogens with zero attached hydrogens (tertiary/aromatic N) is 4. The van der Waals surface area contributed by atoms with Crippen molar-refractivity contribution < 1.29 is 13.7 Å². The number of hydrogen-bond acceptors (Lipinski definition) is 5. The molecule has 2 unspecified atom stereocenters. The quantitative estimate of drug-likeness (QED) is 0.677. The SMILES string of the molecule is CN=C(NCc1noc(C)n1)N1CC(C)OC(c2ccc(F)cc2)C1. The van der Waals surface area contributed by atoms with Gasteiger partial charge in [-0.25, -0.2) is 4.39 Å². The first kappa shape index (κ1) is 17.3. The van der Waals surface area contributed by atoms with E-state index in [9.17, 15) is 4.39 Å². The average molecular weight is 347 g/mol. The predicted molar refractivity (Wildman–Crippen MR) is 90.5 cm³/mol. The van der Waals surface area contributed by atoms with Crippen molar-refractivity contribution in [3.63, 3.8) is 0 Å². The first-order valence-electron chi connectivity index (χ1n) is 8.21.